The highest BCUT2D eigenvalue weighted by Gasteiger charge is 2.02. The molecular formula is C6H7NO. The molecule has 8 heavy (non-hydrogen) atoms. The zero-order valence-electron chi connectivity index (χ0n) is 4.66. The van der Waals surface area contributed by atoms with Crippen molar-refractivity contribution in [3.63, 3.8) is 0 Å². The SMILES string of the molecule is CC1C=NC(C=O)=C1. The number of aldehydes is 1. The molecule has 0 aromatic heterocycles. The number of allylic oxidation sites excluding steroid dienone is 2. The molecule has 1 atom stereocenters. The Morgan fingerprint density at radius 2 is 2.62 bits per heavy atom. The predicted molar refractivity (Wildman–Crippen MR) is 31.8 cm³/mol. The molecule has 0 amide bonds. The molecule has 0 bridgehead atoms. The van der Waals surface area contributed by atoms with Crippen LogP contribution in [0.1, 0.15) is 6.92 Å². The van der Waals surface area contributed by atoms with Crippen LogP contribution < -0.4 is 0 Å². The lowest BCUT2D eigenvalue weighted by Gasteiger charge is -1.82. The van der Waals surface area contributed by atoms with Gasteiger partial charge < -0.3 is 0 Å². The molecule has 0 N–H and O–H groups in total. The van der Waals surface area contributed by atoms with Crippen molar-refractivity contribution < 1.29 is 4.79 Å². The molecule has 2 heteroatoms. The Morgan fingerprint density at radius 1 is 1.88 bits per heavy atom. The van der Waals surface area contributed by atoms with Gasteiger partial charge in [0.25, 0.3) is 0 Å². The minimum Gasteiger partial charge on any atom is -0.296 e. The summed E-state index contributed by atoms with van der Waals surface area (Å²) in [6, 6.07) is 0. The smallest absolute Gasteiger partial charge is 0.168 e. The molecule has 1 unspecified atom stereocenters. The maximum Gasteiger partial charge on any atom is 0.168 e. The molecule has 0 aromatic rings. The Bertz CT molecular complexity index is 158. The van der Waals surface area contributed by atoms with Gasteiger partial charge in [-0.05, 0) is 6.08 Å². The van der Waals surface area contributed by atoms with Gasteiger partial charge in [-0.2, -0.15) is 0 Å². The van der Waals surface area contributed by atoms with Crippen LogP contribution in [0.5, 0.6) is 0 Å². The van der Waals surface area contributed by atoms with E-state index in [2.05, 4.69) is 4.99 Å². The number of hydrogen-bond acceptors (Lipinski definition) is 2. The summed E-state index contributed by atoms with van der Waals surface area (Å²) in [5.41, 5.74) is 0.553. The zero-order valence-corrected chi connectivity index (χ0v) is 4.66. The molecule has 0 aliphatic carbocycles. The first-order chi connectivity index (χ1) is 3.83. The third-order valence-corrected chi connectivity index (χ3v) is 1.01. The molecule has 1 heterocycles. The van der Waals surface area contributed by atoms with Gasteiger partial charge in [0.1, 0.15) is 0 Å². The van der Waals surface area contributed by atoms with Crippen LogP contribution in [0.4, 0.5) is 0 Å². The Labute approximate surface area is 47.9 Å². The van der Waals surface area contributed by atoms with E-state index in [9.17, 15) is 4.79 Å². The monoisotopic (exact) mass is 109 g/mol. The van der Waals surface area contributed by atoms with E-state index in [1.165, 1.54) is 0 Å². The van der Waals surface area contributed by atoms with Gasteiger partial charge in [0.15, 0.2) is 6.29 Å². The molecule has 0 fully saturated rings. The van der Waals surface area contributed by atoms with Crippen LogP contribution in [0.25, 0.3) is 0 Å². The van der Waals surface area contributed by atoms with Gasteiger partial charge in [0, 0.05) is 12.1 Å². The fourth-order valence-corrected chi connectivity index (χ4v) is 0.629. The Morgan fingerprint density at radius 3 is 2.88 bits per heavy atom. The van der Waals surface area contributed by atoms with Crippen molar-refractivity contribution in [1.82, 2.24) is 0 Å². The van der Waals surface area contributed by atoms with Crippen LogP contribution in [0.2, 0.25) is 0 Å². The second-order valence-corrected chi connectivity index (χ2v) is 1.85. The van der Waals surface area contributed by atoms with Crippen molar-refractivity contribution in [1.29, 1.82) is 0 Å². The summed E-state index contributed by atoms with van der Waals surface area (Å²) in [6.07, 6.45) is 4.34. The van der Waals surface area contributed by atoms with E-state index >= 15 is 0 Å². The van der Waals surface area contributed by atoms with Gasteiger partial charge in [-0.3, -0.25) is 9.79 Å². The van der Waals surface area contributed by atoms with Gasteiger partial charge in [0.2, 0.25) is 0 Å². The van der Waals surface area contributed by atoms with Crippen LogP contribution in [0.15, 0.2) is 16.8 Å². The number of hydrogen-bond donors (Lipinski definition) is 0. The maximum absolute atomic E-state index is 9.97. The summed E-state index contributed by atoms with van der Waals surface area (Å²) in [5.74, 6) is 0.343. The molecule has 1 aliphatic heterocycles. The third kappa shape index (κ3) is 0.832. The zero-order chi connectivity index (χ0) is 5.98. The second kappa shape index (κ2) is 1.90. The first kappa shape index (κ1) is 5.22. The van der Waals surface area contributed by atoms with Crippen molar-refractivity contribution >= 4 is 12.5 Å². The van der Waals surface area contributed by atoms with E-state index in [1.54, 1.807) is 6.21 Å². The van der Waals surface area contributed by atoms with Gasteiger partial charge in [-0.25, -0.2) is 0 Å². The van der Waals surface area contributed by atoms with Crippen LogP contribution in [0.3, 0.4) is 0 Å². The molecule has 0 saturated heterocycles. The number of rotatable bonds is 1. The van der Waals surface area contributed by atoms with Crippen molar-refractivity contribution in [3.8, 4) is 0 Å². The standard InChI is InChI=1S/C6H7NO/c1-5-2-6(4-8)7-3-5/h2-5H,1H3. The third-order valence-electron chi connectivity index (χ3n) is 1.01. The van der Waals surface area contributed by atoms with Crippen LogP contribution in [-0.2, 0) is 4.79 Å². The molecule has 0 aromatic carbocycles. The summed E-state index contributed by atoms with van der Waals surface area (Å²) >= 11 is 0. The predicted octanol–water partition coefficient (Wildman–Crippen LogP) is 0.790. The quantitative estimate of drug-likeness (QED) is 0.458. The highest BCUT2D eigenvalue weighted by atomic mass is 16.1. The molecule has 1 rings (SSSR count). The highest BCUT2D eigenvalue weighted by molar-refractivity contribution is 5.82. The fraction of sp³-hybridized carbons (Fsp3) is 0.333. The molecule has 2 nitrogen and oxygen atoms in total. The number of nitrogens with zero attached hydrogens (tertiary/aromatic N) is 1. The van der Waals surface area contributed by atoms with Crippen LogP contribution >= 0.6 is 0 Å². The number of carbonyl (C=O) groups is 1. The van der Waals surface area contributed by atoms with Gasteiger partial charge in [-0.15, -0.1) is 0 Å². The van der Waals surface area contributed by atoms with Crippen molar-refractivity contribution in [3.05, 3.63) is 11.8 Å². The molecule has 1 aliphatic rings. The van der Waals surface area contributed by atoms with Crippen molar-refractivity contribution in [2.24, 2.45) is 10.9 Å². The largest absolute Gasteiger partial charge is 0.296 e. The van der Waals surface area contributed by atoms with E-state index in [4.69, 9.17) is 0 Å². The number of aliphatic imine (C=N–C) groups is 1. The lowest BCUT2D eigenvalue weighted by atomic mass is 10.2. The van der Waals surface area contributed by atoms with E-state index < -0.39 is 0 Å². The normalized spacial score (nSPS) is 25.6. The molecular weight excluding hydrogens is 102 g/mol. The maximum atomic E-state index is 9.97. The lowest BCUT2D eigenvalue weighted by molar-refractivity contribution is -0.104. The average Bonchev–Trinajstić information content (AvgIpc) is 2.14. The van der Waals surface area contributed by atoms with E-state index in [0.717, 1.165) is 6.29 Å². The van der Waals surface area contributed by atoms with Crippen LogP contribution in [-0.4, -0.2) is 12.5 Å². The average molecular weight is 109 g/mol. The number of carbonyl (C=O) groups excluding carboxylic acids is 1. The Balaban J connectivity index is 2.72. The lowest BCUT2D eigenvalue weighted by Crippen LogP contribution is -1.82. The first-order valence-electron chi connectivity index (χ1n) is 2.54. The minimum atomic E-state index is 0.343. The molecule has 0 radical (unpaired) electrons. The van der Waals surface area contributed by atoms with Crippen molar-refractivity contribution in [2.75, 3.05) is 0 Å². The van der Waals surface area contributed by atoms with Crippen LogP contribution in [0, 0.1) is 5.92 Å². The summed E-state index contributed by atoms with van der Waals surface area (Å²) in [5, 5.41) is 0. The van der Waals surface area contributed by atoms with Gasteiger partial charge in [0.05, 0.1) is 5.70 Å². The first-order valence-corrected chi connectivity index (χ1v) is 2.54. The fourth-order valence-electron chi connectivity index (χ4n) is 0.629. The van der Waals surface area contributed by atoms with E-state index in [-0.39, 0.29) is 0 Å². The summed E-state index contributed by atoms with van der Waals surface area (Å²) < 4.78 is 0. The second-order valence-electron chi connectivity index (χ2n) is 1.85. The van der Waals surface area contributed by atoms with Crippen molar-refractivity contribution in [2.45, 2.75) is 6.92 Å². The van der Waals surface area contributed by atoms with E-state index in [1.807, 2.05) is 13.0 Å². The van der Waals surface area contributed by atoms with Gasteiger partial charge >= 0.3 is 0 Å². The van der Waals surface area contributed by atoms with E-state index in [0.29, 0.717) is 11.6 Å². The topological polar surface area (TPSA) is 29.4 Å². The highest BCUT2D eigenvalue weighted by Crippen LogP contribution is 2.07. The Kier molecular flexibility index (Phi) is 1.24. The molecule has 0 spiro atoms. The molecule has 42 valence electrons. The summed E-state index contributed by atoms with van der Waals surface area (Å²) in [6.45, 7) is 1.99. The summed E-state index contributed by atoms with van der Waals surface area (Å²) in [7, 11) is 0. The Hall–Kier alpha value is -0.920. The van der Waals surface area contributed by atoms with Gasteiger partial charge in [-0.1, -0.05) is 6.92 Å². The summed E-state index contributed by atoms with van der Waals surface area (Å²) in [4.78, 5) is 13.8. The molecule has 0 saturated carbocycles. The minimum absolute atomic E-state index is 0.343.